The molecule has 0 radical (unpaired) electrons. The van der Waals surface area contributed by atoms with E-state index in [1.165, 1.54) is 6.42 Å². The van der Waals surface area contributed by atoms with Crippen molar-refractivity contribution in [3.63, 3.8) is 0 Å². The zero-order chi connectivity index (χ0) is 13.9. The molecule has 20 heavy (non-hydrogen) atoms. The fourth-order valence-electron chi connectivity index (χ4n) is 2.72. The van der Waals surface area contributed by atoms with E-state index in [4.69, 9.17) is 9.47 Å². The minimum atomic E-state index is 0.0238. The molecule has 3 rings (SSSR count). The van der Waals surface area contributed by atoms with E-state index in [2.05, 4.69) is 5.32 Å². The molecular formula is C15H20N2O3. The van der Waals surface area contributed by atoms with Crippen molar-refractivity contribution in [3.05, 3.63) is 23.8 Å². The number of carbonyl (C=O) groups excluding carboxylic acids is 1. The van der Waals surface area contributed by atoms with Crippen molar-refractivity contribution in [2.45, 2.75) is 18.9 Å². The molecule has 2 heterocycles. The van der Waals surface area contributed by atoms with E-state index in [1.807, 2.05) is 13.1 Å². The predicted molar refractivity (Wildman–Crippen MR) is 75.4 cm³/mol. The smallest absolute Gasteiger partial charge is 0.253 e. The highest BCUT2D eigenvalue weighted by Gasteiger charge is 2.21. The molecule has 5 nitrogen and oxygen atoms in total. The molecular weight excluding hydrogens is 256 g/mol. The summed E-state index contributed by atoms with van der Waals surface area (Å²) >= 11 is 0. The van der Waals surface area contributed by atoms with Gasteiger partial charge in [0, 0.05) is 25.2 Å². The van der Waals surface area contributed by atoms with Crippen molar-refractivity contribution < 1.29 is 14.3 Å². The summed E-state index contributed by atoms with van der Waals surface area (Å²) in [5.74, 6) is 1.40. The number of hydrogen-bond donors (Lipinski definition) is 1. The molecule has 1 aromatic carbocycles. The van der Waals surface area contributed by atoms with Gasteiger partial charge in [0.25, 0.3) is 5.91 Å². The predicted octanol–water partition coefficient (Wildman–Crippen LogP) is 1.28. The fourth-order valence-corrected chi connectivity index (χ4v) is 2.72. The highest BCUT2D eigenvalue weighted by molar-refractivity contribution is 5.94. The maximum Gasteiger partial charge on any atom is 0.253 e. The van der Waals surface area contributed by atoms with Gasteiger partial charge in [-0.1, -0.05) is 0 Å². The van der Waals surface area contributed by atoms with Crippen LogP contribution in [0.4, 0.5) is 0 Å². The first-order valence-corrected chi connectivity index (χ1v) is 7.12. The molecule has 1 saturated heterocycles. The molecule has 0 saturated carbocycles. The van der Waals surface area contributed by atoms with Crippen LogP contribution in [0.3, 0.4) is 0 Å². The van der Waals surface area contributed by atoms with E-state index < -0.39 is 0 Å². The number of carbonyl (C=O) groups is 1. The lowest BCUT2D eigenvalue weighted by Crippen LogP contribution is -2.38. The molecule has 1 aromatic rings. The van der Waals surface area contributed by atoms with Crippen LogP contribution in [0.25, 0.3) is 0 Å². The fraction of sp³-hybridized carbons (Fsp3) is 0.533. The van der Waals surface area contributed by atoms with Crippen LogP contribution in [0.1, 0.15) is 23.2 Å². The molecule has 0 unspecified atom stereocenters. The van der Waals surface area contributed by atoms with Crippen LogP contribution in [0.15, 0.2) is 18.2 Å². The zero-order valence-electron chi connectivity index (χ0n) is 11.7. The Hall–Kier alpha value is -1.75. The molecule has 1 N–H and O–H groups in total. The second-order valence-corrected chi connectivity index (χ2v) is 5.34. The molecule has 5 heteroatoms. The van der Waals surface area contributed by atoms with E-state index in [1.54, 1.807) is 17.0 Å². The molecule has 1 amide bonds. The highest BCUT2D eigenvalue weighted by atomic mass is 16.6. The molecule has 0 aliphatic carbocycles. The minimum Gasteiger partial charge on any atom is -0.486 e. The average molecular weight is 276 g/mol. The summed E-state index contributed by atoms with van der Waals surface area (Å²) in [6.45, 7) is 2.89. The molecule has 108 valence electrons. The number of rotatable bonds is 3. The summed E-state index contributed by atoms with van der Waals surface area (Å²) in [6, 6.07) is 5.80. The van der Waals surface area contributed by atoms with E-state index >= 15 is 0 Å². The van der Waals surface area contributed by atoms with Crippen LogP contribution < -0.4 is 14.8 Å². The van der Waals surface area contributed by atoms with Gasteiger partial charge >= 0.3 is 0 Å². The lowest BCUT2D eigenvalue weighted by molar-refractivity contribution is 0.0782. The Morgan fingerprint density at radius 3 is 2.90 bits per heavy atom. The van der Waals surface area contributed by atoms with Crippen LogP contribution in [-0.2, 0) is 0 Å². The van der Waals surface area contributed by atoms with Crippen LogP contribution in [0, 0.1) is 0 Å². The van der Waals surface area contributed by atoms with Crippen LogP contribution in [0.5, 0.6) is 11.5 Å². The summed E-state index contributed by atoms with van der Waals surface area (Å²) in [4.78, 5) is 14.2. The second-order valence-electron chi connectivity index (χ2n) is 5.34. The molecule has 2 aliphatic heterocycles. The summed E-state index contributed by atoms with van der Waals surface area (Å²) in [5, 5.41) is 3.41. The van der Waals surface area contributed by atoms with Crippen molar-refractivity contribution in [2.24, 2.45) is 0 Å². The summed E-state index contributed by atoms with van der Waals surface area (Å²) in [6.07, 6.45) is 2.33. The van der Waals surface area contributed by atoms with Crippen molar-refractivity contribution in [2.75, 3.05) is 33.4 Å². The third-order valence-corrected chi connectivity index (χ3v) is 3.79. The molecule has 0 bridgehead atoms. The van der Waals surface area contributed by atoms with Gasteiger partial charge in [-0.2, -0.15) is 0 Å². The van der Waals surface area contributed by atoms with E-state index in [0.717, 1.165) is 19.5 Å². The minimum absolute atomic E-state index is 0.0238. The topological polar surface area (TPSA) is 50.8 Å². The maximum atomic E-state index is 12.4. The average Bonchev–Trinajstić information content (AvgIpc) is 2.99. The Kier molecular flexibility index (Phi) is 3.78. The van der Waals surface area contributed by atoms with Gasteiger partial charge in [0.15, 0.2) is 11.5 Å². The molecule has 0 spiro atoms. The van der Waals surface area contributed by atoms with Gasteiger partial charge in [0.2, 0.25) is 0 Å². The second kappa shape index (κ2) is 5.71. The number of likely N-dealkylation sites (N-methyl/N-ethyl adjacent to an activating group) is 1. The molecule has 1 fully saturated rings. The number of amides is 1. The monoisotopic (exact) mass is 276 g/mol. The van der Waals surface area contributed by atoms with E-state index in [0.29, 0.717) is 36.3 Å². The number of ether oxygens (including phenoxy) is 2. The van der Waals surface area contributed by atoms with Gasteiger partial charge in [-0.15, -0.1) is 0 Å². The SMILES string of the molecule is CN(C[C@H]1CCCN1)C(=O)c1ccc2c(c1)OCCO2. The lowest BCUT2D eigenvalue weighted by atomic mass is 10.1. The number of nitrogens with one attached hydrogen (secondary N) is 1. The normalized spacial score (nSPS) is 20.8. The largest absolute Gasteiger partial charge is 0.486 e. The van der Waals surface area contributed by atoms with Gasteiger partial charge in [-0.25, -0.2) is 0 Å². The maximum absolute atomic E-state index is 12.4. The summed E-state index contributed by atoms with van der Waals surface area (Å²) < 4.78 is 11.0. The highest BCUT2D eigenvalue weighted by Crippen LogP contribution is 2.31. The Labute approximate surface area is 118 Å². The van der Waals surface area contributed by atoms with Gasteiger partial charge < -0.3 is 19.7 Å². The Morgan fingerprint density at radius 2 is 2.15 bits per heavy atom. The van der Waals surface area contributed by atoms with Gasteiger partial charge in [-0.05, 0) is 37.6 Å². The molecule has 2 aliphatic rings. The summed E-state index contributed by atoms with van der Waals surface area (Å²) in [7, 11) is 1.85. The Balaban J connectivity index is 1.69. The van der Waals surface area contributed by atoms with Crippen LogP contribution in [-0.4, -0.2) is 50.2 Å². The molecule has 0 aromatic heterocycles. The van der Waals surface area contributed by atoms with Crippen LogP contribution in [0.2, 0.25) is 0 Å². The summed E-state index contributed by atoms with van der Waals surface area (Å²) in [5.41, 5.74) is 0.648. The zero-order valence-corrected chi connectivity index (χ0v) is 11.7. The standard InChI is InChI=1S/C15H20N2O3/c1-17(10-12-3-2-6-16-12)15(18)11-4-5-13-14(9-11)20-8-7-19-13/h4-5,9,12,16H,2-3,6-8,10H2,1H3/t12-/m1/s1. The van der Waals surface area contributed by atoms with E-state index in [-0.39, 0.29) is 5.91 Å². The van der Waals surface area contributed by atoms with E-state index in [9.17, 15) is 4.79 Å². The Bertz CT molecular complexity index is 498. The molecule has 1 atom stereocenters. The van der Waals surface area contributed by atoms with Gasteiger partial charge in [0.05, 0.1) is 0 Å². The van der Waals surface area contributed by atoms with Crippen molar-refractivity contribution in [3.8, 4) is 11.5 Å². The first-order valence-electron chi connectivity index (χ1n) is 7.12. The number of hydrogen-bond acceptors (Lipinski definition) is 4. The third-order valence-electron chi connectivity index (χ3n) is 3.79. The number of benzene rings is 1. The quantitative estimate of drug-likeness (QED) is 0.903. The Morgan fingerprint density at radius 1 is 1.35 bits per heavy atom. The van der Waals surface area contributed by atoms with Gasteiger partial charge in [-0.3, -0.25) is 4.79 Å². The van der Waals surface area contributed by atoms with Crippen LogP contribution >= 0.6 is 0 Å². The van der Waals surface area contributed by atoms with Crippen molar-refractivity contribution >= 4 is 5.91 Å². The van der Waals surface area contributed by atoms with Crippen molar-refractivity contribution in [1.29, 1.82) is 0 Å². The van der Waals surface area contributed by atoms with Gasteiger partial charge in [0.1, 0.15) is 13.2 Å². The number of fused-ring (bicyclic) bond motifs is 1. The first kappa shape index (κ1) is 13.2. The third kappa shape index (κ3) is 2.72. The van der Waals surface area contributed by atoms with Crippen molar-refractivity contribution in [1.82, 2.24) is 10.2 Å². The number of nitrogens with zero attached hydrogens (tertiary/aromatic N) is 1. The first-order chi connectivity index (χ1) is 9.74. The lowest BCUT2D eigenvalue weighted by Gasteiger charge is -2.23.